The Morgan fingerprint density at radius 3 is 1.98 bits per heavy atom. The third kappa shape index (κ3) is 12.7. The highest BCUT2D eigenvalue weighted by molar-refractivity contribution is 6.30. The summed E-state index contributed by atoms with van der Waals surface area (Å²) in [5.41, 5.74) is 0.911. The fourth-order valence-electron chi connectivity index (χ4n) is 7.34. The lowest BCUT2D eigenvalue weighted by Crippen LogP contribution is -2.42. The largest absolute Gasteiger partial charge is 0.491 e. The van der Waals surface area contributed by atoms with Crippen LogP contribution in [0.1, 0.15) is 112 Å². The number of carbonyl (C=O) groups is 2. The summed E-state index contributed by atoms with van der Waals surface area (Å²) >= 11 is 6.11. The summed E-state index contributed by atoms with van der Waals surface area (Å²) in [5, 5.41) is 0.665. The van der Waals surface area contributed by atoms with Gasteiger partial charge in [0.1, 0.15) is 40.6 Å². The molecule has 3 aromatic rings. The Labute approximate surface area is 321 Å². The van der Waals surface area contributed by atoms with E-state index in [2.05, 4.69) is 10.6 Å². The molecule has 2 aliphatic heterocycles. The van der Waals surface area contributed by atoms with Crippen LogP contribution < -0.4 is 9.47 Å². The molecule has 0 bridgehead atoms. The molecule has 3 heterocycles. The van der Waals surface area contributed by atoms with E-state index >= 15 is 0 Å². The number of amides is 2. The molecule has 2 atom stereocenters. The number of aryl methyl sites for hydroxylation is 1. The average Bonchev–Trinajstić information content (AvgIpc) is 3.46. The predicted molar refractivity (Wildman–Crippen MR) is 210 cm³/mol. The molecule has 2 amide bonds. The molecule has 10 nitrogen and oxygen atoms in total. The number of para-hydroxylation sites is 1. The monoisotopic (exact) mass is 752 g/mol. The number of hydrogen-bond donors (Lipinski definition) is 0. The second-order valence-electron chi connectivity index (χ2n) is 16.8. The number of likely N-dealkylation sites (tertiary alicyclic amines) is 2. The van der Waals surface area contributed by atoms with Crippen LogP contribution in [-0.2, 0) is 22.6 Å². The second-order valence-corrected chi connectivity index (χ2v) is 17.2. The number of carbonyl (C=O) groups excluding carboxylic acids is 2. The summed E-state index contributed by atoms with van der Waals surface area (Å²) in [7, 11) is 0. The Morgan fingerprint density at radius 2 is 1.38 bits per heavy atom. The lowest BCUT2D eigenvalue weighted by molar-refractivity contribution is 0.0151. The summed E-state index contributed by atoms with van der Waals surface area (Å²) in [6.45, 7) is 16.3. The number of fused-ring (bicyclic) bond motifs is 1. The first-order valence-corrected chi connectivity index (χ1v) is 20.1. The van der Waals surface area contributed by atoms with Gasteiger partial charge in [-0.05, 0) is 141 Å². The van der Waals surface area contributed by atoms with E-state index in [0.717, 1.165) is 125 Å². The zero-order chi connectivity index (χ0) is 38.0. The maximum absolute atomic E-state index is 12.8. The predicted octanol–water partition coefficient (Wildman–Crippen LogP) is 10.3. The molecule has 292 valence electrons. The molecule has 0 saturated carbocycles. The van der Waals surface area contributed by atoms with Crippen molar-refractivity contribution in [3.63, 3.8) is 0 Å². The Bertz CT molecular complexity index is 1630. The second kappa shape index (κ2) is 18.6. The van der Waals surface area contributed by atoms with Crippen LogP contribution in [0, 0.1) is 11.8 Å². The van der Waals surface area contributed by atoms with Crippen LogP contribution >= 0.6 is 11.6 Å². The molecule has 1 aromatic heterocycles. The standard InChI is InChI=1S/C42H61ClN4O6/c1-41(2,3)52-39(48)45-24-11-15-31(28-45)14-8-7-9-27-50-36-19-10-18-35-38(36)44-37(30-51-34-22-20-33(43)21-23-34)47(35)26-13-17-32-16-12-25-46(29-32)40(49)53-42(4,5)6/h10,18-23,31-32H,7-9,11-17,24-30H2,1-6H3. The van der Waals surface area contributed by atoms with E-state index in [-0.39, 0.29) is 12.2 Å². The van der Waals surface area contributed by atoms with Gasteiger partial charge in [0, 0.05) is 37.7 Å². The maximum Gasteiger partial charge on any atom is 0.410 e. The first-order chi connectivity index (χ1) is 25.2. The SMILES string of the molecule is CC(C)(C)OC(=O)N1CCCC(CCCCCOc2cccc3c2nc(COc2ccc(Cl)cc2)n3CCCC2CCCN(C(=O)OC(C)(C)C)C2)C1. The fraction of sp³-hybridized carbons (Fsp3) is 0.643. The van der Waals surface area contributed by atoms with E-state index < -0.39 is 11.2 Å². The first-order valence-electron chi connectivity index (χ1n) is 19.7. The smallest absolute Gasteiger partial charge is 0.410 e. The van der Waals surface area contributed by atoms with Crippen LogP contribution in [0.15, 0.2) is 42.5 Å². The minimum atomic E-state index is -0.497. The van der Waals surface area contributed by atoms with Gasteiger partial charge in [0.15, 0.2) is 0 Å². The molecular formula is C42H61ClN4O6. The minimum absolute atomic E-state index is 0.192. The number of piperidine rings is 2. The van der Waals surface area contributed by atoms with Crippen molar-refractivity contribution < 1.29 is 28.5 Å². The molecule has 0 spiro atoms. The zero-order valence-electron chi connectivity index (χ0n) is 32.8. The van der Waals surface area contributed by atoms with Crippen molar-refractivity contribution in [2.24, 2.45) is 11.8 Å². The van der Waals surface area contributed by atoms with E-state index in [1.807, 2.05) is 87.7 Å². The topological polar surface area (TPSA) is 95.4 Å². The molecule has 2 aliphatic rings. The molecule has 2 saturated heterocycles. The van der Waals surface area contributed by atoms with Gasteiger partial charge in [-0.1, -0.05) is 30.5 Å². The fourth-order valence-corrected chi connectivity index (χ4v) is 7.47. The highest BCUT2D eigenvalue weighted by Gasteiger charge is 2.29. The van der Waals surface area contributed by atoms with Gasteiger partial charge in [-0.3, -0.25) is 0 Å². The van der Waals surface area contributed by atoms with Crippen molar-refractivity contribution in [2.45, 2.75) is 130 Å². The highest BCUT2D eigenvalue weighted by atomic mass is 35.5. The van der Waals surface area contributed by atoms with E-state index in [1.165, 1.54) is 0 Å². The van der Waals surface area contributed by atoms with Gasteiger partial charge in [-0.15, -0.1) is 0 Å². The summed E-state index contributed by atoms with van der Waals surface area (Å²) in [6, 6.07) is 13.5. The van der Waals surface area contributed by atoms with Crippen LogP contribution in [-0.4, -0.2) is 75.5 Å². The normalized spacial score (nSPS) is 18.2. The van der Waals surface area contributed by atoms with Crippen molar-refractivity contribution in [3.05, 3.63) is 53.3 Å². The number of aromatic nitrogens is 2. The molecule has 5 rings (SSSR count). The van der Waals surface area contributed by atoms with Crippen LogP contribution in [0.4, 0.5) is 9.59 Å². The maximum atomic E-state index is 12.8. The number of rotatable bonds is 14. The molecule has 0 radical (unpaired) electrons. The minimum Gasteiger partial charge on any atom is -0.491 e. The van der Waals surface area contributed by atoms with Crippen LogP contribution in [0.25, 0.3) is 11.0 Å². The van der Waals surface area contributed by atoms with Gasteiger partial charge >= 0.3 is 12.2 Å². The van der Waals surface area contributed by atoms with Crippen molar-refractivity contribution in [1.29, 1.82) is 0 Å². The lowest BCUT2D eigenvalue weighted by atomic mass is 9.92. The van der Waals surface area contributed by atoms with E-state index in [9.17, 15) is 9.59 Å². The lowest BCUT2D eigenvalue weighted by Gasteiger charge is -2.34. The van der Waals surface area contributed by atoms with Gasteiger partial charge in [-0.2, -0.15) is 0 Å². The van der Waals surface area contributed by atoms with E-state index in [0.29, 0.717) is 30.1 Å². The van der Waals surface area contributed by atoms with Gasteiger partial charge in [0.25, 0.3) is 0 Å². The molecule has 2 unspecified atom stereocenters. The summed E-state index contributed by atoms with van der Waals surface area (Å²) in [4.78, 5) is 34.2. The molecule has 11 heteroatoms. The highest BCUT2D eigenvalue weighted by Crippen LogP contribution is 2.30. The third-order valence-electron chi connectivity index (χ3n) is 9.85. The quantitative estimate of drug-likeness (QED) is 0.151. The summed E-state index contributed by atoms with van der Waals surface area (Å²) in [6.07, 6.45) is 10.1. The number of ether oxygens (including phenoxy) is 4. The summed E-state index contributed by atoms with van der Waals surface area (Å²) < 4.78 is 26.1. The Kier molecular flexibility index (Phi) is 14.2. The Balaban J connectivity index is 1.16. The van der Waals surface area contributed by atoms with E-state index in [4.69, 9.17) is 35.5 Å². The van der Waals surface area contributed by atoms with Crippen molar-refractivity contribution in [1.82, 2.24) is 19.4 Å². The molecule has 53 heavy (non-hydrogen) atoms. The van der Waals surface area contributed by atoms with Crippen LogP contribution in [0.5, 0.6) is 11.5 Å². The van der Waals surface area contributed by atoms with E-state index in [1.54, 1.807) is 0 Å². The van der Waals surface area contributed by atoms with Crippen molar-refractivity contribution >= 4 is 34.8 Å². The van der Waals surface area contributed by atoms with Gasteiger partial charge in [-0.25, -0.2) is 14.6 Å². The number of unbranched alkanes of at least 4 members (excludes halogenated alkanes) is 2. The number of halogens is 1. The zero-order valence-corrected chi connectivity index (χ0v) is 33.6. The first kappa shape index (κ1) is 40.5. The number of benzene rings is 2. The van der Waals surface area contributed by atoms with Gasteiger partial charge in [0.2, 0.25) is 0 Å². The molecular weight excluding hydrogens is 692 g/mol. The van der Waals surface area contributed by atoms with Crippen molar-refractivity contribution in [3.8, 4) is 11.5 Å². The Morgan fingerprint density at radius 1 is 0.774 bits per heavy atom. The van der Waals surface area contributed by atoms with Gasteiger partial charge in [0.05, 0.1) is 12.1 Å². The Hall–Kier alpha value is -3.66. The third-order valence-corrected chi connectivity index (χ3v) is 10.1. The number of imidazole rings is 1. The van der Waals surface area contributed by atoms with Crippen LogP contribution in [0.2, 0.25) is 5.02 Å². The van der Waals surface area contributed by atoms with Gasteiger partial charge < -0.3 is 33.3 Å². The van der Waals surface area contributed by atoms with Crippen molar-refractivity contribution in [2.75, 3.05) is 32.8 Å². The average molecular weight is 753 g/mol. The molecule has 0 aliphatic carbocycles. The molecule has 0 N–H and O–H groups in total. The number of hydrogen-bond acceptors (Lipinski definition) is 7. The number of nitrogens with zero attached hydrogens (tertiary/aromatic N) is 4. The molecule has 2 fully saturated rings. The molecule has 2 aromatic carbocycles. The van der Waals surface area contributed by atoms with Crippen LogP contribution in [0.3, 0.4) is 0 Å². The summed E-state index contributed by atoms with van der Waals surface area (Å²) in [5.74, 6) is 3.32.